The average Bonchev–Trinajstić information content (AvgIpc) is 2.88. The molecule has 0 saturated carbocycles. The number of thiazole rings is 1. The summed E-state index contributed by atoms with van der Waals surface area (Å²) in [6.07, 6.45) is -4.27. The molecule has 0 spiro atoms. The molecule has 0 amide bonds. The first-order chi connectivity index (χ1) is 12.4. The minimum Gasteiger partial charge on any atom is -0.744 e. The van der Waals surface area contributed by atoms with Gasteiger partial charge in [-0.2, -0.15) is 17.7 Å². The number of rotatable bonds is 2. The minimum atomic E-state index is -4.27. The molecule has 27 heavy (non-hydrogen) atoms. The number of aromatic nitrogens is 1. The van der Waals surface area contributed by atoms with Gasteiger partial charge < -0.3 is 4.55 Å². The van der Waals surface area contributed by atoms with Crippen LogP contribution in [0.5, 0.6) is 0 Å². The Kier molecular flexibility index (Phi) is 6.28. The van der Waals surface area contributed by atoms with Crippen molar-refractivity contribution in [3.05, 3.63) is 58.6 Å². The normalized spacial score (nSPS) is 12.0. The second kappa shape index (κ2) is 7.95. The molecular formula is C18H18F3NO3S2. The molecule has 3 rings (SSSR count). The van der Waals surface area contributed by atoms with Gasteiger partial charge in [-0.15, -0.1) is 0 Å². The van der Waals surface area contributed by atoms with Crippen LogP contribution in [-0.4, -0.2) is 13.0 Å². The molecule has 0 atom stereocenters. The molecule has 4 nitrogen and oxygen atoms in total. The lowest BCUT2D eigenvalue weighted by Gasteiger charge is -2.05. The van der Waals surface area contributed by atoms with Gasteiger partial charge in [0, 0.05) is 13.0 Å². The number of fused-ring (bicyclic) bond motifs is 1. The van der Waals surface area contributed by atoms with Crippen LogP contribution in [0, 0.1) is 13.8 Å². The molecule has 9 heteroatoms. The second-order valence-corrected chi connectivity index (χ2v) is 8.43. The highest BCUT2D eigenvalue weighted by Crippen LogP contribution is 2.32. The Bertz CT molecular complexity index is 1040. The molecule has 0 saturated heterocycles. The smallest absolute Gasteiger partial charge is 0.416 e. The van der Waals surface area contributed by atoms with Crippen LogP contribution in [-0.2, 0) is 22.8 Å². The maximum atomic E-state index is 12.6. The highest BCUT2D eigenvalue weighted by atomic mass is 32.2. The van der Waals surface area contributed by atoms with E-state index < -0.39 is 21.9 Å². The standard InChI is InChI=1S/C11H11F3NS.C7H8O3S/c1-3-15-7(2)16-10-5-4-8(6-9(10)15)11(12,13)14;1-6-2-4-7(5-3-6)11(8,9)10/h4-6H,3H2,1-2H3;2-5H,1H3,(H,8,9,10)/q+1;/p-1. The number of benzene rings is 2. The van der Waals surface area contributed by atoms with Gasteiger partial charge in [0.1, 0.15) is 21.4 Å². The summed E-state index contributed by atoms with van der Waals surface area (Å²) >= 11 is 1.52. The Hall–Kier alpha value is -1.97. The zero-order chi connectivity index (χ0) is 20.4. The molecule has 1 heterocycles. The van der Waals surface area contributed by atoms with Gasteiger partial charge in [-0.25, -0.2) is 8.42 Å². The molecule has 0 N–H and O–H groups in total. The van der Waals surface area contributed by atoms with Gasteiger partial charge in [0.2, 0.25) is 10.5 Å². The van der Waals surface area contributed by atoms with Gasteiger partial charge in [0.05, 0.1) is 10.5 Å². The van der Waals surface area contributed by atoms with Crippen molar-refractivity contribution in [2.45, 2.75) is 38.4 Å². The van der Waals surface area contributed by atoms with E-state index in [1.54, 1.807) is 18.2 Å². The van der Waals surface area contributed by atoms with Crippen molar-refractivity contribution in [2.75, 3.05) is 0 Å². The molecule has 0 unspecified atom stereocenters. The first-order valence-corrected chi connectivity index (χ1v) is 10.2. The van der Waals surface area contributed by atoms with E-state index in [0.29, 0.717) is 12.1 Å². The predicted octanol–water partition coefficient (Wildman–Crippen LogP) is 4.44. The van der Waals surface area contributed by atoms with Crippen LogP contribution in [0.15, 0.2) is 47.4 Å². The third-order valence-electron chi connectivity index (χ3n) is 3.84. The molecule has 0 bridgehead atoms. The summed E-state index contributed by atoms with van der Waals surface area (Å²) in [6, 6.07) is 9.69. The Morgan fingerprint density at radius 3 is 2.15 bits per heavy atom. The van der Waals surface area contributed by atoms with Gasteiger partial charge in [-0.05, 0) is 38.1 Å². The van der Waals surface area contributed by atoms with E-state index in [1.165, 1.54) is 29.5 Å². The van der Waals surface area contributed by atoms with Crippen LogP contribution in [0.3, 0.4) is 0 Å². The molecule has 0 aliphatic carbocycles. The second-order valence-electron chi connectivity index (χ2n) is 5.81. The van der Waals surface area contributed by atoms with E-state index >= 15 is 0 Å². The minimum absolute atomic E-state index is 0.178. The van der Waals surface area contributed by atoms with Crippen LogP contribution in [0.2, 0.25) is 0 Å². The van der Waals surface area contributed by atoms with Crippen molar-refractivity contribution < 1.29 is 30.7 Å². The SMILES string of the molecule is CC[n+]1c(C)sc2ccc(C(F)(F)F)cc21.Cc1ccc(S(=O)(=O)[O-])cc1. The Morgan fingerprint density at radius 1 is 1.07 bits per heavy atom. The summed E-state index contributed by atoms with van der Waals surface area (Å²) in [7, 11) is -4.27. The fraction of sp³-hybridized carbons (Fsp3) is 0.278. The van der Waals surface area contributed by atoms with E-state index in [-0.39, 0.29) is 4.90 Å². The molecule has 3 aromatic rings. The molecular weight excluding hydrogens is 399 g/mol. The monoisotopic (exact) mass is 417 g/mol. The van der Waals surface area contributed by atoms with Crippen molar-refractivity contribution in [3.8, 4) is 0 Å². The number of aryl methyl sites for hydroxylation is 3. The zero-order valence-electron chi connectivity index (χ0n) is 14.9. The molecule has 0 radical (unpaired) electrons. The first-order valence-electron chi connectivity index (χ1n) is 7.96. The lowest BCUT2D eigenvalue weighted by Crippen LogP contribution is -2.33. The quantitative estimate of drug-likeness (QED) is 0.458. The highest BCUT2D eigenvalue weighted by Gasteiger charge is 2.32. The number of alkyl halides is 3. The van der Waals surface area contributed by atoms with Crippen molar-refractivity contribution in [1.29, 1.82) is 0 Å². The van der Waals surface area contributed by atoms with Gasteiger partial charge >= 0.3 is 6.18 Å². The van der Waals surface area contributed by atoms with Gasteiger partial charge in [0.25, 0.3) is 0 Å². The summed E-state index contributed by atoms with van der Waals surface area (Å²) in [6.45, 7) is 6.36. The van der Waals surface area contributed by atoms with E-state index in [9.17, 15) is 26.1 Å². The molecule has 146 valence electrons. The lowest BCUT2D eigenvalue weighted by atomic mass is 10.2. The molecule has 0 aliphatic heterocycles. The Balaban J connectivity index is 0.000000208. The fourth-order valence-electron chi connectivity index (χ4n) is 2.47. The molecule has 2 aromatic carbocycles. The summed E-state index contributed by atoms with van der Waals surface area (Å²) in [5, 5.41) is 1.02. The maximum Gasteiger partial charge on any atom is 0.416 e. The number of hydrogen-bond donors (Lipinski definition) is 0. The van der Waals surface area contributed by atoms with Crippen LogP contribution < -0.4 is 4.57 Å². The molecule has 1 aromatic heterocycles. The third kappa shape index (κ3) is 5.27. The van der Waals surface area contributed by atoms with E-state index in [0.717, 1.165) is 21.3 Å². The average molecular weight is 417 g/mol. The summed E-state index contributed by atoms with van der Waals surface area (Å²) in [4.78, 5) is -0.178. The van der Waals surface area contributed by atoms with Gasteiger partial charge in [-0.1, -0.05) is 29.0 Å². The molecule has 0 fully saturated rings. The summed E-state index contributed by atoms with van der Waals surface area (Å²) < 4.78 is 71.6. The lowest BCUT2D eigenvalue weighted by molar-refractivity contribution is -0.669. The Labute approximate surface area is 159 Å². The molecule has 0 aliphatic rings. The predicted molar refractivity (Wildman–Crippen MR) is 96.6 cm³/mol. The number of hydrogen-bond acceptors (Lipinski definition) is 4. The first kappa shape index (κ1) is 21.3. The van der Waals surface area contributed by atoms with Crippen LogP contribution in [0.25, 0.3) is 10.2 Å². The van der Waals surface area contributed by atoms with E-state index in [4.69, 9.17) is 0 Å². The van der Waals surface area contributed by atoms with E-state index in [2.05, 4.69) is 0 Å². The summed E-state index contributed by atoms with van der Waals surface area (Å²) in [5.74, 6) is 0. The van der Waals surface area contributed by atoms with E-state index in [1.807, 2.05) is 25.3 Å². The number of halogens is 3. The number of nitrogens with zero attached hydrogens (tertiary/aromatic N) is 1. The highest BCUT2D eigenvalue weighted by molar-refractivity contribution is 7.85. The largest absolute Gasteiger partial charge is 0.744 e. The van der Waals surface area contributed by atoms with Crippen LogP contribution in [0.4, 0.5) is 13.2 Å². The van der Waals surface area contributed by atoms with Gasteiger partial charge in [-0.3, -0.25) is 0 Å². The fourth-order valence-corrected chi connectivity index (χ4v) is 4.01. The maximum absolute atomic E-state index is 12.6. The van der Waals surface area contributed by atoms with Crippen molar-refractivity contribution in [3.63, 3.8) is 0 Å². The van der Waals surface area contributed by atoms with Crippen molar-refractivity contribution in [1.82, 2.24) is 0 Å². The van der Waals surface area contributed by atoms with Crippen molar-refractivity contribution in [2.24, 2.45) is 0 Å². The van der Waals surface area contributed by atoms with Crippen LogP contribution >= 0.6 is 11.3 Å². The van der Waals surface area contributed by atoms with Crippen LogP contribution in [0.1, 0.15) is 23.1 Å². The Morgan fingerprint density at radius 2 is 1.67 bits per heavy atom. The zero-order valence-corrected chi connectivity index (χ0v) is 16.5. The third-order valence-corrected chi connectivity index (χ3v) is 5.77. The van der Waals surface area contributed by atoms with Crippen molar-refractivity contribution >= 4 is 31.7 Å². The topological polar surface area (TPSA) is 61.1 Å². The summed E-state index contributed by atoms with van der Waals surface area (Å²) in [5.41, 5.74) is 1.01. The van der Waals surface area contributed by atoms with Gasteiger partial charge in [0.15, 0.2) is 0 Å².